The van der Waals surface area contributed by atoms with Crippen LogP contribution in [0, 0.1) is 0 Å². The van der Waals surface area contributed by atoms with Crippen LogP contribution >= 0.6 is 0 Å². The number of nitrogens with zero attached hydrogens (tertiary/aromatic N) is 2. The van der Waals surface area contributed by atoms with Gasteiger partial charge in [-0.25, -0.2) is 0 Å². The van der Waals surface area contributed by atoms with Gasteiger partial charge >= 0.3 is 0 Å². The van der Waals surface area contributed by atoms with Crippen molar-refractivity contribution in [1.29, 1.82) is 0 Å². The van der Waals surface area contributed by atoms with Crippen molar-refractivity contribution in [2.45, 2.75) is 12.8 Å². The Hall–Kier alpha value is -1.59. The first-order valence-electron chi connectivity index (χ1n) is 7.14. The lowest BCUT2D eigenvalue weighted by molar-refractivity contribution is -0.132. The number of β-amino-alcohol motifs (C(OH)–C–C–N with tert-alkyl or cyclic N) is 1. The molecule has 1 amide bonds. The van der Waals surface area contributed by atoms with E-state index in [1.54, 1.807) is 0 Å². The predicted octanol–water partition coefficient (Wildman–Crippen LogP) is 0.338. The van der Waals surface area contributed by atoms with Crippen molar-refractivity contribution in [2.75, 3.05) is 45.1 Å². The summed E-state index contributed by atoms with van der Waals surface area (Å²) < 4.78 is 0. The number of rotatable bonds is 5. The third-order valence-electron chi connectivity index (χ3n) is 3.72. The Morgan fingerprint density at radius 1 is 1.25 bits per heavy atom. The number of aliphatic hydroxyl groups excluding tert-OH is 1. The molecule has 5 heteroatoms. The fraction of sp³-hybridized carbons (Fsp3) is 0.533. The van der Waals surface area contributed by atoms with Crippen LogP contribution in [0.5, 0.6) is 0 Å². The number of carbonyl (C=O) groups is 1. The molecule has 0 radical (unpaired) electrons. The lowest BCUT2D eigenvalue weighted by Crippen LogP contribution is -2.49. The molecule has 2 rings (SSSR count). The number of piperazine rings is 1. The summed E-state index contributed by atoms with van der Waals surface area (Å²) in [6, 6.07) is 7.70. The van der Waals surface area contributed by atoms with E-state index in [4.69, 9.17) is 10.8 Å². The Kier molecular flexibility index (Phi) is 5.38. The van der Waals surface area contributed by atoms with Crippen LogP contribution in [0.4, 0.5) is 5.69 Å². The molecule has 1 fully saturated rings. The van der Waals surface area contributed by atoms with Crippen molar-refractivity contribution >= 4 is 11.6 Å². The topological polar surface area (TPSA) is 69.8 Å². The lowest BCUT2D eigenvalue weighted by atomic mass is 10.1. The Bertz CT molecular complexity index is 442. The van der Waals surface area contributed by atoms with Crippen molar-refractivity contribution in [3.63, 3.8) is 0 Å². The molecule has 1 aliphatic heterocycles. The van der Waals surface area contributed by atoms with Gasteiger partial charge < -0.3 is 15.7 Å². The van der Waals surface area contributed by atoms with Gasteiger partial charge in [-0.15, -0.1) is 0 Å². The zero-order valence-corrected chi connectivity index (χ0v) is 11.8. The van der Waals surface area contributed by atoms with Crippen LogP contribution in [-0.4, -0.2) is 60.1 Å². The summed E-state index contributed by atoms with van der Waals surface area (Å²) in [6.07, 6.45) is 1.27. The van der Waals surface area contributed by atoms with Crippen LogP contribution in [0.15, 0.2) is 24.3 Å². The van der Waals surface area contributed by atoms with Crippen molar-refractivity contribution in [3.05, 3.63) is 29.8 Å². The molecule has 0 aliphatic carbocycles. The molecule has 0 aromatic heterocycles. The summed E-state index contributed by atoms with van der Waals surface area (Å²) in [6.45, 7) is 4.11. The second kappa shape index (κ2) is 7.26. The summed E-state index contributed by atoms with van der Waals surface area (Å²) in [4.78, 5) is 16.2. The van der Waals surface area contributed by atoms with Crippen LogP contribution in [-0.2, 0) is 11.2 Å². The molecule has 110 valence electrons. The van der Waals surface area contributed by atoms with Gasteiger partial charge in [0.15, 0.2) is 0 Å². The van der Waals surface area contributed by atoms with Gasteiger partial charge in [0.1, 0.15) is 0 Å². The summed E-state index contributed by atoms with van der Waals surface area (Å²) in [5.74, 6) is 0.205. The molecule has 1 aliphatic rings. The van der Waals surface area contributed by atoms with Gasteiger partial charge in [0.05, 0.1) is 6.61 Å². The van der Waals surface area contributed by atoms with Gasteiger partial charge in [-0.3, -0.25) is 9.69 Å². The third-order valence-corrected chi connectivity index (χ3v) is 3.72. The maximum atomic E-state index is 12.1. The van der Waals surface area contributed by atoms with Gasteiger partial charge in [-0.05, 0) is 24.1 Å². The summed E-state index contributed by atoms with van der Waals surface area (Å²) in [7, 11) is 0. The van der Waals surface area contributed by atoms with E-state index in [1.807, 2.05) is 29.2 Å². The number of aryl methyl sites for hydroxylation is 1. The van der Waals surface area contributed by atoms with E-state index in [9.17, 15) is 4.79 Å². The number of hydrogen-bond acceptors (Lipinski definition) is 4. The minimum atomic E-state index is 0.184. The first-order chi connectivity index (χ1) is 9.69. The molecule has 0 saturated carbocycles. The quantitative estimate of drug-likeness (QED) is 0.761. The molecule has 5 nitrogen and oxygen atoms in total. The van der Waals surface area contributed by atoms with Crippen LogP contribution in [0.1, 0.15) is 12.0 Å². The first kappa shape index (κ1) is 14.8. The maximum Gasteiger partial charge on any atom is 0.222 e. The fourth-order valence-corrected chi connectivity index (χ4v) is 2.52. The minimum Gasteiger partial charge on any atom is -0.399 e. The molecule has 1 heterocycles. The number of hydrogen-bond donors (Lipinski definition) is 2. The zero-order valence-electron chi connectivity index (χ0n) is 11.8. The Balaban J connectivity index is 1.76. The summed E-state index contributed by atoms with van der Waals surface area (Å²) >= 11 is 0. The van der Waals surface area contributed by atoms with Crippen molar-refractivity contribution in [1.82, 2.24) is 9.80 Å². The molecule has 0 bridgehead atoms. The monoisotopic (exact) mass is 277 g/mol. The molecule has 0 unspecified atom stereocenters. The molecular formula is C15H23N3O2. The smallest absolute Gasteiger partial charge is 0.222 e. The molecule has 1 aromatic rings. The number of nitrogens with two attached hydrogens (primary N) is 1. The second-order valence-electron chi connectivity index (χ2n) is 5.19. The van der Waals surface area contributed by atoms with E-state index in [2.05, 4.69) is 4.90 Å². The molecule has 3 N–H and O–H groups in total. The molecule has 0 atom stereocenters. The predicted molar refractivity (Wildman–Crippen MR) is 79.3 cm³/mol. The number of benzene rings is 1. The largest absolute Gasteiger partial charge is 0.399 e. The fourth-order valence-electron chi connectivity index (χ4n) is 2.52. The van der Waals surface area contributed by atoms with Gasteiger partial charge in [0.2, 0.25) is 5.91 Å². The zero-order chi connectivity index (χ0) is 14.4. The number of nitrogen functional groups attached to an aromatic ring is 1. The Labute approximate surface area is 120 Å². The standard InChI is InChI=1S/C15H23N3O2/c16-14-3-1-2-13(12-14)4-5-15(20)18-8-6-17(7-9-18)10-11-19/h1-3,12,19H,4-11,16H2. The number of aliphatic hydroxyl groups is 1. The number of carbonyl (C=O) groups excluding carboxylic acids is 1. The minimum absolute atomic E-state index is 0.184. The highest BCUT2D eigenvalue weighted by Crippen LogP contribution is 2.10. The molecule has 0 spiro atoms. The first-order valence-corrected chi connectivity index (χ1v) is 7.14. The molecule has 1 aromatic carbocycles. The molecular weight excluding hydrogens is 254 g/mol. The van der Waals surface area contributed by atoms with Crippen LogP contribution < -0.4 is 5.73 Å². The normalized spacial score (nSPS) is 16.4. The lowest BCUT2D eigenvalue weighted by Gasteiger charge is -2.34. The van der Waals surface area contributed by atoms with Crippen molar-refractivity contribution < 1.29 is 9.90 Å². The Morgan fingerprint density at radius 2 is 2.00 bits per heavy atom. The van der Waals surface area contributed by atoms with E-state index in [0.29, 0.717) is 13.0 Å². The summed E-state index contributed by atoms with van der Waals surface area (Å²) in [5.41, 5.74) is 7.58. The number of amides is 1. The SMILES string of the molecule is Nc1cccc(CCC(=O)N2CCN(CCO)CC2)c1. The average molecular weight is 277 g/mol. The van der Waals surface area contributed by atoms with Gasteiger partial charge in [-0.2, -0.15) is 0 Å². The van der Waals surface area contributed by atoms with E-state index >= 15 is 0 Å². The summed E-state index contributed by atoms with van der Waals surface area (Å²) in [5, 5.41) is 8.89. The van der Waals surface area contributed by atoms with Crippen LogP contribution in [0.25, 0.3) is 0 Å². The highest BCUT2D eigenvalue weighted by atomic mass is 16.3. The average Bonchev–Trinajstić information content (AvgIpc) is 2.46. The molecule has 20 heavy (non-hydrogen) atoms. The van der Waals surface area contributed by atoms with E-state index in [1.165, 1.54) is 0 Å². The van der Waals surface area contributed by atoms with Crippen LogP contribution in [0.3, 0.4) is 0 Å². The van der Waals surface area contributed by atoms with Crippen molar-refractivity contribution in [2.24, 2.45) is 0 Å². The van der Waals surface area contributed by atoms with Crippen LogP contribution in [0.2, 0.25) is 0 Å². The highest BCUT2D eigenvalue weighted by Gasteiger charge is 2.20. The molecule has 1 saturated heterocycles. The van der Waals surface area contributed by atoms with E-state index in [0.717, 1.165) is 43.9 Å². The van der Waals surface area contributed by atoms with Gasteiger partial charge in [0, 0.05) is 44.8 Å². The van der Waals surface area contributed by atoms with Gasteiger partial charge in [-0.1, -0.05) is 12.1 Å². The number of anilines is 1. The maximum absolute atomic E-state index is 12.1. The Morgan fingerprint density at radius 3 is 2.65 bits per heavy atom. The van der Waals surface area contributed by atoms with E-state index < -0.39 is 0 Å². The van der Waals surface area contributed by atoms with Crippen molar-refractivity contribution in [3.8, 4) is 0 Å². The van der Waals surface area contributed by atoms with E-state index in [-0.39, 0.29) is 12.5 Å². The highest BCUT2D eigenvalue weighted by molar-refractivity contribution is 5.76. The third kappa shape index (κ3) is 4.21. The second-order valence-corrected chi connectivity index (χ2v) is 5.19. The van der Waals surface area contributed by atoms with Gasteiger partial charge in [0.25, 0.3) is 0 Å².